The third-order valence-electron chi connectivity index (χ3n) is 4.04. The van der Waals surface area contributed by atoms with Crippen LogP contribution in [0.2, 0.25) is 0 Å². The third-order valence-corrected chi connectivity index (χ3v) is 4.04. The highest BCUT2D eigenvalue weighted by Crippen LogP contribution is 2.31. The van der Waals surface area contributed by atoms with Crippen LogP contribution in [0.4, 0.5) is 0 Å². The van der Waals surface area contributed by atoms with Crippen molar-refractivity contribution in [3.8, 4) is 0 Å². The van der Waals surface area contributed by atoms with E-state index in [1.165, 1.54) is 11.1 Å². The first-order chi connectivity index (χ1) is 9.18. The van der Waals surface area contributed by atoms with Gasteiger partial charge in [-0.15, -0.1) is 0 Å². The van der Waals surface area contributed by atoms with Crippen LogP contribution >= 0.6 is 0 Å². The lowest BCUT2D eigenvalue weighted by molar-refractivity contribution is 0.0267. The molecule has 0 bridgehead atoms. The van der Waals surface area contributed by atoms with E-state index in [4.69, 9.17) is 0 Å². The smallest absolute Gasteiger partial charge is 0.0732 e. The summed E-state index contributed by atoms with van der Waals surface area (Å²) in [6, 6.07) is 8.44. The number of hydrogen-bond donors (Lipinski definition) is 1. The first-order valence-corrected chi connectivity index (χ1v) is 6.99. The van der Waals surface area contributed by atoms with Gasteiger partial charge in [0.2, 0.25) is 0 Å². The molecule has 19 heavy (non-hydrogen) atoms. The maximum Gasteiger partial charge on any atom is 0.0732 e. The van der Waals surface area contributed by atoms with Gasteiger partial charge < -0.3 is 5.11 Å². The van der Waals surface area contributed by atoms with Crippen LogP contribution in [0.15, 0.2) is 36.7 Å². The minimum Gasteiger partial charge on any atom is -0.389 e. The van der Waals surface area contributed by atoms with Crippen LogP contribution < -0.4 is 0 Å². The first-order valence-electron chi connectivity index (χ1n) is 6.99. The van der Waals surface area contributed by atoms with Crippen molar-refractivity contribution in [2.75, 3.05) is 0 Å². The predicted octanol–water partition coefficient (Wildman–Crippen LogP) is 2.37. The van der Waals surface area contributed by atoms with Gasteiger partial charge in [-0.2, -0.15) is 5.10 Å². The van der Waals surface area contributed by atoms with Crippen molar-refractivity contribution in [1.29, 1.82) is 0 Å². The second-order valence-electron chi connectivity index (χ2n) is 5.55. The van der Waals surface area contributed by atoms with E-state index in [2.05, 4.69) is 36.3 Å². The average molecular weight is 256 g/mol. The van der Waals surface area contributed by atoms with Crippen molar-refractivity contribution < 1.29 is 5.11 Å². The molecular weight excluding hydrogens is 236 g/mol. The van der Waals surface area contributed by atoms with E-state index >= 15 is 0 Å². The summed E-state index contributed by atoms with van der Waals surface area (Å²) in [6.45, 7) is 2.95. The van der Waals surface area contributed by atoms with Crippen LogP contribution in [0.1, 0.15) is 30.0 Å². The largest absolute Gasteiger partial charge is 0.389 e. The Morgan fingerprint density at radius 2 is 2.11 bits per heavy atom. The van der Waals surface area contributed by atoms with Crippen molar-refractivity contribution in [3.05, 3.63) is 53.3 Å². The summed E-state index contributed by atoms with van der Waals surface area (Å²) in [5.41, 5.74) is 3.19. The van der Waals surface area contributed by atoms with Gasteiger partial charge in [0, 0.05) is 25.6 Å². The highest BCUT2D eigenvalue weighted by atomic mass is 16.3. The minimum absolute atomic E-state index is 0.615. The zero-order chi connectivity index (χ0) is 13.3. The predicted molar refractivity (Wildman–Crippen MR) is 75.0 cm³/mol. The molecule has 3 rings (SSSR count). The van der Waals surface area contributed by atoms with E-state index in [0.29, 0.717) is 6.42 Å². The van der Waals surface area contributed by atoms with Crippen LogP contribution in [0.5, 0.6) is 0 Å². The molecule has 1 aromatic carbocycles. The fourth-order valence-corrected chi connectivity index (χ4v) is 2.99. The number of aryl methyl sites for hydroxylation is 2. The van der Waals surface area contributed by atoms with E-state index in [0.717, 1.165) is 31.4 Å². The van der Waals surface area contributed by atoms with Gasteiger partial charge in [-0.05, 0) is 36.5 Å². The summed E-state index contributed by atoms with van der Waals surface area (Å²) in [4.78, 5) is 0. The molecule has 1 N–H and O–H groups in total. The van der Waals surface area contributed by atoms with Crippen molar-refractivity contribution in [3.63, 3.8) is 0 Å². The second-order valence-corrected chi connectivity index (χ2v) is 5.55. The van der Waals surface area contributed by atoms with Gasteiger partial charge in [0.15, 0.2) is 0 Å². The van der Waals surface area contributed by atoms with E-state index < -0.39 is 5.60 Å². The summed E-state index contributed by atoms with van der Waals surface area (Å²) < 4.78 is 1.91. The molecule has 0 saturated carbocycles. The lowest BCUT2D eigenvalue weighted by Gasteiger charge is -2.33. The van der Waals surface area contributed by atoms with Crippen LogP contribution in [0.25, 0.3) is 0 Å². The van der Waals surface area contributed by atoms with Crippen LogP contribution in [-0.4, -0.2) is 20.5 Å². The van der Waals surface area contributed by atoms with E-state index in [-0.39, 0.29) is 0 Å². The summed E-state index contributed by atoms with van der Waals surface area (Å²) in [7, 11) is 0. The first kappa shape index (κ1) is 12.4. The summed E-state index contributed by atoms with van der Waals surface area (Å²) in [5, 5.41) is 15.1. The molecule has 0 saturated heterocycles. The van der Waals surface area contributed by atoms with Crippen molar-refractivity contribution >= 4 is 0 Å². The molecule has 100 valence electrons. The van der Waals surface area contributed by atoms with Gasteiger partial charge in [-0.3, -0.25) is 4.68 Å². The zero-order valence-electron chi connectivity index (χ0n) is 11.3. The molecule has 0 spiro atoms. The molecule has 1 aliphatic rings. The van der Waals surface area contributed by atoms with E-state index in [1.807, 2.05) is 17.1 Å². The van der Waals surface area contributed by atoms with Crippen molar-refractivity contribution in [1.82, 2.24) is 9.78 Å². The zero-order valence-corrected chi connectivity index (χ0v) is 11.3. The molecule has 3 heteroatoms. The SMILES string of the molecule is CCn1cc(CC2(O)CCc3ccccc3C2)cn1. The molecule has 0 radical (unpaired) electrons. The summed E-state index contributed by atoms with van der Waals surface area (Å²) in [6.07, 6.45) is 7.16. The second kappa shape index (κ2) is 4.82. The van der Waals surface area contributed by atoms with Gasteiger partial charge >= 0.3 is 0 Å². The number of nitrogens with zero attached hydrogens (tertiary/aromatic N) is 2. The Morgan fingerprint density at radius 1 is 1.32 bits per heavy atom. The number of benzene rings is 1. The Morgan fingerprint density at radius 3 is 2.84 bits per heavy atom. The van der Waals surface area contributed by atoms with Crippen LogP contribution in [0.3, 0.4) is 0 Å². The van der Waals surface area contributed by atoms with Gasteiger partial charge in [-0.25, -0.2) is 0 Å². The number of aromatic nitrogens is 2. The maximum atomic E-state index is 10.8. The molecule has 3 nitrogen and oxygen atoms in total. The average Bonchev–Trinajstić information content (AvgIpc) is 2.85. The number of hydrogen-bond acceptors (Lipinski definition) is 2. The third kappa shape index (κ3) is 2.56. The lowest BCUT2D eigenvalue weighted by Crippen LogP contribution is -2.37. The molecular formula is C16H20N2O. The quantitative estimate of drug-likeness (QED) is 0.915. The van der Waals surface area contributed by atoms with Gasteiger partial charge in [0.25, 0.3) is 0 Å². The van der Waals surface area contributed by atoms with Crippen molar-refractivity contribution in [2.24, 2.45) is 0 Å². The Bertz CT molecular complexity index is 576. The Hall–Kier alpha value is -1.61. The lowest BCUT2D eigenvalue weighted by atomic mass is 9.77. The number of fused-ring (bicyclic) bond motifs is 1. The fourth-order valence-electron chi connectivity index (χ4n) is 2.99. The number of aliphatic hydroxyl groups is 1. The molecule has 1 heterocycles. The molecule has 0 aliphatic heterocycles. The highest BCUT2D eigenvalue weighted by molar-refractivity contribution is 5.32. The summed E-state index contributed by atoms with van der Waals surface area (Å²) in [5.74, 6) is 0. The minimum atomic E-state index is -0.615. The van der Waals surface area contributed by atoms with Gasteiger partial charge in [-0.1, -0.05) is 24.3 Å². The Balaban J connectivity index is 1.78. The fraction of sp³-hybridized carbons (Fsp3) is 0.438. The van der Waals surface area contributed by atoms with Gasteiger partial charge in [0.05, 0.1) is 11.8 Å². The molecule has 0 fully saturated rings. The molecule has 1 aromatic heterocycles. The highest BCUT2D eigenvalue weighted by Gasteiger charge is 2.32. The Kier molecular flexibility index (Phi) is 3.15. The molecule has 2 aromatic rings. The molecule has 1 atom stereocenters. The maximum absolute atomic E-state index is 10.8. The van der Waals surface area contributed by atoms with Crippen LogP contribution in [-0.2, 0) is 25.8 Å². The number of rotatable bonds is 3. The monoisotopic (exact) mass is 256 g/mol. The van der Waals surface area contributed by atoms with E-state index in [1.54, 1.807) is 0 Å². The van der Waals surface area contributed by atoms with Crippen LogP contribution in [0, 0.1) is 0 Å². The topological polar surface area (TPSA) is 38.0 Å². The van der Waals surface area contributed by atoms with E-state index in [9.17, 15) is 5.11 Å². The van der Waals surface area contributed by atoms with Gasteiger partial charge in [0.1, 0.15) is 0 Å². The standard InChI is InChI=1S/C16H20N2O/c1-2-18-12-13(11-17-18)9-16(19)8-7-14-5-3-4-6-15(14)10-16/h3-6,11-12,19H,2,7-10H2,1H3. The normalized spacial score (nSPS) is 22.2. The molecule has 0 amide bonds. The molecule has 1 unspecified atom stereocenters. The van der Waals surface area contributed by atoms with Crippen molar-refractivity contribution in [2.45, 2.75) is 44.8 Å². The molecule has 1 aliphatic carbocycles. The Labute approximate surface area is 113 Å². The summed E-state index contributed by atoms with van der Waals surface area (Å²) >= 11 is 0.